The summed E-state index contributed by atoms with van der Waals surface area (Å²) in [5.41, 5.74) is 2.04. The van der Waals surface area contributed by atoms with E-state index in [0.29, 0.717) is 37.5 Å². The van der Waals surface area contributed by atoms with Crippen molar-refractivity contribution >= 4 is 27.4 Å². The van der Waals surface area contributed by atoms with Gasteiger partial charge < -0.3 is 15.4 Å². The molecular formula is C15H23N3O4S. The Morgan fingerprint density at radius 2 is 2.13 bits per heavy atom. The van der Waals surface area contributed by atoms with E-state index < -0.39 is 10.0 Å². The van der Waals surface area contributed by atoms with Crippen LogP contribution in [0, 0.1) is 6.92 Å². The standard InChI is InChI=1S/C15H23N3O4S/c1-12-5-6-13(17-15(19)16-7-9-22-2)11-14(12)18-8-3-4-10-23(18,20)21/h5-6,11H,3-4,7-10H2,1-2H3,(H2,16,17,19). The first-order valence-corrected chi connectivity index (χ1v) is 9.20. The molecule has 1 aliphatic heterocycles. The minimum atomic E-state index is -3.27. The van der Waals surface area contributed by atoms with Gasteiger partial charge in [-0.15, -0.1) is 0 Å². The molecule has 128 valence electrons. The number of nitrogens with one attached hydrogen (secondary N) is 2. The van der Waals surface area contributed by atoms with E-state index in [1.54, 1.807) is 19.2 Å². The molecule has 1 aromatic rings. The van der Waals surface area contributed by atoms with Gasteiger partial charge in [-0.25, -0.2) is 13.2 Å². The molecule has 0 saturated carbocycles. The van der Waals surface area contributed by atoms with Crippen molar-refractivity contribution in [2.24, 2.45) is 0 Å². The van der Waals surface area contributed by atoms with Gasteiger partial charge in [0.15, 0.2) is 0 Å². The molecule has 0 bridgehead atoms. The number of hydrogen-bond acceptors (Lipinski definition) is 4. The molecule has 1 fully saturated rings. The predicted octanol–water partition coefficient (Wildman–Crippen LogP) is 1.69. The zero-order valence-corrected chi connectivity index (χ0v) is 14.3. The highest BCUT2D eigenvalue weighted by atomic mass is 32.2. The predicted molar refractivity (Wildman–Crippen MR) is 90.4 cm³/mol. The van der Waals surface area contributed by atoms with Crippen LogP contribution in [0.2, 0.25) is 0 Å². The number of carbonyl (C=O) groups is 1. The van der Waals surface area contributed by atoms with Gasteiger partial charge in [0.25, 0.3) is 0 Å². The topological polar surface area (TPSA) is 87.7 Å². The Morgan fingerprint density at radius 1 is 1.35 bits per heavy atom. The maximum Gasteiger partial charge on any atom is 0.319 e. The summed E-state index contributed by atoms with van der Waals surface area (Å²) >= 11 is 0. The summed E-state index contributed by atoms with van der Waals surface area (Å²) in [7, 11) is -1.71. The first kappa shape index (κ1) is 17.6. The van der Waals surface area contributed by atoms with Gasteiger partial charge in [0.1, 0.15) is 0 Å². The summed E-state index contributed by atoms with van der Waals surface area (Å²) in [4.78, 5) is 11.8. The van der Waals surface area contributed by atoms with E-state index in [1.165, 1.54) is 4.31 Å². The fraction of sp³-hybridized carbons (Fsp3) is 0.533. The summed E-state index contributed by atoms with van der Waals surface area (Å²) in [6.45, 7) is 3.18. The molecule has 0 radical (unpaired) electrons. The zero-order chi connectivity index (χ0) is 16.9. The second kappa shape index (κ2) is 7.65. The molecular weight excluding hydrogens is 318 g/mol. The van der Waals surface area contributed by atoms with Crippen molar-refractivity contribution in [2.45, 2.75) is 19.8 Å². The lowest BCUT2D eigenvalue weighted by molar-refractivity contribution is 0.198. The van der Waals surface area contributed by atoms with E-state index in [4.69, 9.17) is 4.74 Å². The molecule has 0 atom stereocenters. The number of ether oxygens (including phenoxy) is 1. The number of rotatable bonds is 5. The molecule has 1 aromatic carbocycles. The molecule has 2 N–H and O–H groups in total. The number of anilines is 2. The molecule has 2 amide bonds. The van der Waals surface area contributed by atoms with E-state index in [0.717, 1.165) is 12.0 Å². The normalized spacial score (nSPS) is 16.9. The van der Waals surface area contributed by atoms with E-state index in [2.05, 4.69) is 10.6 Å². The molecule has 0 aliphatic carbocycles. The number of methoxy groups -OCH3 is 1. The Bertz CT molecular complexity index is 661. The second-order valence-electron chi connectivity index (χ2n) is 5.47. The van der Waals surface area contributed by atoms with Gasteiger partial charge in [0, 0.05) is 25.9 Å². The Hall–Kier alpha value is -1.80. The lowest BCUT2D eigenvalue weighted by Gasteiger charge is -2.29. The van der Waals surface area contributed by atoms with Crippen LogP contribution in [0.4, 0.5) is 16.2 Å². The van der Waals surface area contributed by atoms with Crippen LogP contribution in [-0.2, 0) is 14.8 Å². The van der Waals surface area contributed by atoms with Crippen LogP contribution in [0.5, 0.6) is 0 Å². The zero-order valence-electron chi connectivity index (χ0n) is 13.5. The molecule has 1 heterocycles. The maximum atomic E-state index is 12.3. The Labute approximate surface area is 137 Å². The van der Waals surface area contributed by atoms with E-state index in [1.807, 2.05) is 13.0 Å². The number of carbonyl (C=O) groups excluding carboxylic acids is 1. The van der Waals surface area contributed by atoms with Gasteiger partial charge >= 0.3 is 6.03 Å². The number of hydrogen-bond donors (Lipinski definition) is 2. The van der Waals surface area contributed by atoms with Crippen LogP contribution in [0.3, 0.4) is 0 Å². The summed E-state index contributed by atoms with van der Waals surface area (Å²) in [5, 5.41) is 5.36. The van der Waals surface area contributed by atoms with Crippen LogP contribution in [-0.4, -0.2) is 47.0 Å². The summed E-state index contributed by atoms with van der Waals surface area (Å²) in [6, 6.07) is 4.92. The van der Waals surface area contributed by atoms with Gasteiger partial charge in [-0.2, -0.15) is 0 Å². The Morgan fingerprint density at radius 3 is 2.83 bits per heavy atom. The molecule has 1 saturated heterocycles. The largest absolute Gasteiger partial charge is 0.383 e. The van der Waals surface area contributed by atoms with Crippen molar-refractivity contribution in [3.05, 3.63) is 23.8 Å². The molecule has 8 heteroatoms. The molecule has 0 spiro atoms. The maximum absolute atomic E-state index is 12.3. The molecule has 2 rings (SSSR count). The third-order valence-electron chi connectivity index (χ3n) is 3.68. The number of nitrogens with zero attached hydrogens (tertiary/aromatic N) is 1. The second-order valence-corrected chi connectivity index (χ2v) is 7.48. The van der Waals surface area contributed by atoms with Crippen molar-refractivity contribution < 1.29 is 17.9 Å². The fourth-order valence-electron chi connectivity index (χ4n) is 2.46. The SMILES string of the molecule is COCCNC(=O)Nc1ccc(C)c(N2CCCCS2(=O)=O)c1. The van der Waals surface area contributed by atoms with Crippen LogP contribution < -0.4 is 14.9 Å². The van der Waals surface area contributed by atoms with Gasteiger partial charge in [-0.3, -0.25) is 4.31 Å². The number of urea groups is 1. The quantitative estimate of drug-likeness (QED) is 0.798. The van der Waals surface area contributed by atoms with Crippen LogP contribution in [0.1, 0.15) is 18.4 Å². The lowest BCUT2D eigenvalue weighted by atomic mass is 10.1. The average molecular weight is 341 g/mol. The van der Waals surface area contributed by atoms with Gasteiger partial charge in [-0.1, -0.05) is 6.07 Å². The average Bonchev–Trinajstić information content (AvgIpc) is 2.49. The molecule has 0 unspecified atom stereocenters. The van der Waals surface area contributed by atoms with Crippen LogP contribution >= 0.6 is 0 Å². The lowest BCUT2D eigenvalue weighted by Crippen LogP contribution is -2.38. The summed E-state index contributed by atoms with van der Waals surface area (Å²) < 4.78 is 30.8. The van der Waals surface area contributed by atoms with Crippen LogP contribution in [0.15, 0.2) is 18.2 Å². The molecule has 1 aliphatic rings. The Balaban J connectivity index is 2.14. The van der Waals surface area contributed by atoms with E-state index in [-0.39, 0.29) is 11.8 Å². The highest BCUT2D eigenvalue weighted by Gasteiger charge is 2.27. The van der Waals surface area contributed by atoms with Crippen LogP contribution in [0.25, 0.3) is 0 Å². The van der Waals surface area contributed by atoms with Crippen molar-refractivity contribution in [1.29, 1.82) is 0 Å². The monoisotopic (exact) mass is 341 g/mol. The van der Waals surface area contributed by atoms with Gasteiger partial charge in [-0.05, 0) is 37.5 Å². The number of amides is 2. The fourth-order valence-corrected chi connectivity index (χ4v) is 4.15. The molecule has 23 heavy (non-hydrogen) atoms. The number of sulfonamides is 1. The molecule has 0 aromatic heterocycles. The first-order valence-electron chi connectivity index (χ1n) is 7.59. The highest BCUT2D eigenvalue weighted by Crippen LogP contribution is 2.29. The third kappa shape index (κ3) is 4.59. The smallest absolute Gasteiger partial charge is 0.319 e. The summed E-state index contributed by atoms with van der Waals surface area (Å²) in [6.07, 6.45) is 1.53. The highest BCUT2D eigenvalue weighted by molar-refractivity contribution is 7.92. The van der Waals surface area contributed by atoms with E-state index >= 15 is 0 Å². The first-order chi connectivity index (χ1) is 10.9. The van der Waals surface area contributed by atoms with Crippen molar-refractivity contribution in [1.82, 2.24) is 5.32 Å². The van der Waals surface area contributed by atoms with Crippen molar-refractivity contribution in [2.75, 3.05) is 42.2 Å². The van der Waals surface area contributed by atoms with E-state index in [9.17, 15) is 13.2 Å². The van der Waals surface area contributed by atoms with Crippen molar-refractivity contribution in [3.63, 3.8) is 0 Å². The minimum absolute atomic E-state index is 0.168. The van der Waals surface area contributed by atoms with Crippen molar-refractivity contribution in [3.8, 4) is 0 Å². The summed E-state index contributed by atoms with van der Waals surface area (Å²) in [5.74, 6) is 0.168. The number of benzene rings is 1. The van der Waals surface area contributed by atoms with Gasteiger partial charge in [0.2, 0.25) is 10.0 Å². The molecule has 7 nitrogen and oxygen atoms in total. The third-order valence-corrected chi connectivity index (χ3v) is 5.53. The van der Waals surface area contributed by atoms with Gasteiger partial charge in [0.05, 0.1) is 18.0 Å². The Kier molecular flexibility index (Phi) is 5.84. The number of aryl methyl sites for hydroxylation is 1. The minimum Gasteiger partial charge on any atom is -0.383 e.